The van der Waals surface area contributed by atoms with Gasteiger partial charge < -0.3 is 5.32 Å². The molecule has 2 rings (SSSR count). The smallest absolute Gasteiger partial charge is 0.148 e. The first-order valence-corrected chi connectivity index (χ1v) is 6.43. The summed E-state index contributed by atoms with van der Waals surface area (Å²) in [4.78, 5) is 4.30. The predicted molar refractivity (Wildman–Crippen MR) is 69.0 cm³/mol. The van der Waals surface area contributed by atoms with Gasteiger partial charge in [0.05, 0.1) is 5.69 Å². The molecule has 18 heavy (non-hydrogen) atoms. The second kappa shape index (κ2) is 6.30. The number of hydrogen-bond donors (Lipinski definition) is 1. The highest BCUT2D eigenvalue weighted by molar-refractivity contribution is 5.02. The Kier molecular flexibility index (Phi) is 4.46. The maximum atomic E-state index is 4.34. The Morgan fingerprint density at radius 3 is 2.89 bits per heavy atom. The van der Waals surface area contributed by atoms with Gasteiger partial charge in [0.15, 0.2) is 0 Å². The third kappa shape index (κ3) is 2.95. The molecule has 2 heterocycles. The molecule has 6 heteroatoms. The molecular formula is C12H20N6. The monoisotopic (exact) mass is 248 g/mol. The number of rotatable bonds is 7. The fraction of sp³-hybridized carbons (Fsp3) is 0.583. The first kappa shape index (κ1) is 12.8. The fourth-order valence-corrected chi connectivity index (χ4v) is 1.85. The Balaban J connectivity index is 2.08. The highest BCUT2D eigenvalue weighted by atomic mass is 15.4. The van der Waals surface area contributed by atoms with E-state index >= 15 is 0 Å². The van der Waals surface area contributed by atoms with Gasteiger partial charge >= 0.3 is 0 Å². The lowest BCUT2D eigenvalue weighted by molar-refractivity contribution is 0.524. The molecule has 98 valence electrons. The summed E-state index contributed by atoms with van der Waals surface area (Å²) in [6.45, 7) is 7.59. The Bertz CT molecular complexity index is 472. The van der Waals surface area contributed by atoms with Crippen LogP contribution in [0.2, 0.25) is 0 Å². The zero-order chi connectivity index (χ0) is 12.8. The van der Waals surface area contributed by atoms with Crippen molar-refractivity contribution in [3.63, 3.8) is 0 Å². The molecule has 1 N–H and O–H groups in total. The van der Waals surface area contributed by atoms with Crippen LogP contribution < -0.4 is 5.32 Å². The van der Waals surface area contributed by atoms with Crippen molar-refractivity contribution in [2.24, 2.45) is 0 Å². The Morgan fingerprint density at radius 2 is 2.11 bits per heavy atom. The molecule has 0 spiro atoms. The van der Waals surface area contributed by atoms with E-state index in [9.17, 15) is 0 Å². The van der Waals surface area contributed by atoms with E-state index in [2.05, 4.69) is 34.3 Å². The maximum absolute atomic E-state index is 4.34. The molecule has 0 atom stereocenters. The number of aryl methyl sites for hydroxylation is 1. The van der Waals surface area contributed by atoms with Gasteiger partial charge in [-0.15, -0.1) is 0 Å². The number of nitrogens with one attached hydrogen (secondary N) is 1. The first-order chi connectivity index (χ1) is 8.85. The molecule has 0 saturated heterocycles. The van der Waals surface area contributed by atoms with Crippen molar-refractivity contribution in [2.75, 3.05) is 6.54 Å². The van der Waals surface area contributed by atoms with Gasteiger partial charge in [0.25, 0.3) is 0 Å². The van der Waals surface area contributed by atoms with Crippen LogP contribution in [0.1, 0.15) is 31.8 Å². The molecule has 2 aromatic heterocycles. The van der Waals surface area contributed by atoms with E-state index in [0.29, 0.717) is 6.54 Å². The van der Waals surface area contributed by atoms with Crippen molar-refractivity contribution in [3.05, 3.63) is 30.1 Å². The SMILES string of the molecule is CCCn1ncnc1Cn1nccc1CNCC. The number of hydrogen-bond acceptors (Lipinski definition) is 4. The van der Waals surface area contributed by atoms with E-state index in [-0.39, 0.29) is 0 Å². The van der Waals surface area contributed by atoms with Crippen molar-refractivity contribution in [3.8, 4) is 0 Å². The molecule has 0 unspecified atom stereocenters. The minimum absolute atomic E-state index is 0.674. The third-order valence-corrected chi connectivity index (χ3v) is 2.78. The van der Waals surface area contributed by atoms with Crippen molar-refractivity contribution < 1.29 is 0 Å². The quantitative estimate of drug-likeness (QED) is 0.795. The van der Waals surface area contributed by atoms with Gasteiger partial charge in [0, 0.05) is 19.3 Å². The van der Waals surface area contributed by atoms with Crippen LogP contribution in [0, 0.1) is 0 Å². The lowest BCUT2D eigenvalue weighted by Crippen LogP contribution is -2.18. The average Bonchev–Trinajstić information content (AvgIpc) is 2.98. The van der Waals surface area contributed by atoms with Crippen LogP contribution in [-0.4, -0.2) is 31.1 Å². The summed E-state index contributed by atoms with van der Waals surface area (Å²) >= 11 is 0. The third-order valence-electron chi connectivity index (χ3n) is 2.78. The van der Waals surface area contributed by atoms with Gasteiger partial charge in [0.2, 0.25) is 0 Å². The number of nitrogens with zero attached hydrogens (tertiary/aromatic N) is 5. The van der Waals surface area contributed by atoms with Gasteiger partial charge in [-0.25, -0.2) is 9.67 Å². The standard InChI is InChI=1S/C12H20N6/c1-3-7-17-12(14-10-16-17)9-18-11(5-6-15-18)8-13-4-2/h5-6,10,13H,3-4,7-9H2,1-2H3. The topological polar surface area (TPSA) is 60.6 Å². The number of aromatic nitrogens is 5. The van der Waals surface area contributed by atoms with Gasteiger partial charge in [-0.05, 0) is 19.0 Å². The molecule has 0 bridgehead atoms. The molecule has 0 saturated carbocycles. The Morgan fingerprint density at radius 1 is 1.22 bits per heavy atom. The molecule has 0 aliphatic rings. The summed E-state index contributed by atoms with van der Waals surface area (Å²) < 4.78 is 3.91. The molecule has 0 amide bonds. The van der Waals surface area contributed by atoms with E-state index in [1.54, 1.807) is 6.33 Å². The normalized spacial score (nSPS) is 11.0. The first-order valence-electron chi connectivity index (χ1n) is 6.43. The Hall–Kier alpha value is -1.69. The lowest BCUT2D eigenvalue weighted by atomic mass is 10.4. The summed E-state index contributed by atoms with van der Waals surface area (Å²) in [5.74, 6) is 0.957. The van der Waals surface area contributed by atoms with Crippen LogP contribution in [0.4, 0.5) is 0 Å². The van der Waals surface area contributed by atoms with Crippen molar-refractivity contribution >= 4 is 0 Å². The molecule has 6 nitrogen and oxygen atoms in total. The predicted octanol–water partition coefficient (Wildman–Crippen LogP) is 1.04. The molecule has 2 aromatic rings. The minimum atomic E-state index is 0.674. The second-order valence-corrected chi connectivity index (χ2v) is 4.16. The Labute approximate surface area is 107 Å². The summed E-state index contributed by atoms with van der Waals surface area (Å²) in [6, 6.07) is 2.03. The van der Waals surface area contributed by atoms with E-state index in [1.165, 1.54) is 5.69 Å². The van der Waals surface area contributed by atoms with Crippen LogP contribution in [0.15, 0.2) is 18.6 Å². The molecule has 0 radical (unpaired) electrons. The molecule has 0 fully saturated rings. The van der Waals surface area contributed by atoms with Crippen molar-refractivity contribution in [1.82, 2.24) is 29.9 Å². The van der Waals surface area contributed by atoms with E-state index in [4.69, 9.17) is 0 Å². The van der Waals surface area contributed by atoms with Gasteiger partial charge in [-0.2, -0.15) is 10.2 Å². The zero-order valence-corrected chi connectivity index (χ0v) is 11.0. The van der Waals surface area contributed by atoms with Crippen LogP contribution in [-0.2, 0) is 19.6 Å². The van der Waals surface area contributed by atoms with E-state index in [0.717, 1.165) is 31.9 Å². The van der Waals surface area contributed by atoms with Crippen LogP contribution in [0.5, 0.6) is 0 Å². The summed E-state index contributed by atoms with van der Waals surface area (Å²) in [5, 5.41) is 11.9. The minimum Gasteiger partial charge on any atom is -0.311 e. The second-order valence-electron chi connectivity index (χ2n) is 4.16. The summed E-state index contributed by atoms with van der Waals surface area (Å²) in [5.41, 5.74) is 1.17. The molecule has 0 aliphatic carbocycles. The van der Waals surface area contributed by atoms with Crippen LogP contribution >= 0.6 is 0 Å². The van der Waals surface area contributed by atoms with E-state index in [1.807, 2.05) is 21.6 Å². The molecule has 0 aromatic carbocycles. The van der Waals surface area contributed by atoms with E-state index < -0.39 is 0 Å². The highest BCUT2D eigenvalue weighted by Gasteiger charge is 2.08. The fourth-order valence-electron chi connectivity index (χ4n) is 1.85. The average molecular weight is 248 g/mol. The maximum Gasteiger partial charge on any atom is 0.148 e. The zero-order valence-electron chi connectivity index (χ0n) is 11.0. The van der Waals surface area contributed by atoms with Crippen molar-refractivity contribution in [1.29, 1.82) is 0 Å². The van der Waals surface area contributed by atoms with Gasteiger partial charge in [-0.1, -0.05) is 13.8 Å². The lowest BCUT2D eigenvalue weighted by Gasteiger charge is -2.08. The molecule has 0 aliphatic heterocycles. The van der Waals surface area contributed by atoms with Gasteiger partial charge in [-0.3, -0.25) is 4.68 Å². The summed E-state index contributed by atoms with van der Waals surface area (Å²) in [6.07, 6.45) is 4.49. The van der Waals surface area contributed by atoms with Crippen LogP contribution in [0.3, 0.4) is 0 Å². The van der Waals surface area contributed by atoms with Crippen molar-refractivity contribution in [2.45, 2.75) is 39.9 Å². The summed E-state index contributed by atoms with van der Waals surface area (Å²) in [7, 11) is 0. The largest absolute Gasteiger partial charge is 0.311 e. The van der Waals surface area contributed by atoms with Gasteiger partial charge in [0.1, 0.15) is 18.7 Å². The molecular weight excluding hydrogens is 228 g/mol. The van der Waals surface area contributed by atoms with Crippen LogP contribution in [0.25, 0.3) is 0 Å². The highest BCUT2D eigenvalue weighted by Crippen LogP contribution is 2.04.